The molecule has 0 atom stereocenters. The van der Waals surface area contributed by atoms with Crippen LogP contribution in [0.5, 0.6) is 11.5 Å². The Kier molecular flexibility index (Phi) is 7.69. The number of carbonyl (C=O) groups is 2. The number of nitrogens with one attached hydrogen (secondary N) is 2. The minimum Gasteiger partial charge on any atom is -0.453 e. The molecule has 3 aromatic carbocycles. The fourth-order valence-corrected chi connectivity index (χ4v) is 3.50. The lowest BCUT2D eigenvalue weighted by Gasteiger charge is -2.15. The summed E-state index contributed by atoms with van der Waals surface area (Å²) in [5.41, 5.74) is -1.03. The van der Waals surface area contributed by atoms with Crippen LogP contribution < -0.4 is 15.4 Å². The van der Waals surface area contributed by atoms with E-state index >= 15 is 0 Å². The molecule has 3 aromatic rings. The summed E-state index contributed by atoms with van der Waals surface area (Å²) in [5.74, 6) is -3.50. The van der Waals surface area contributed by atoms with Gasteiger partial charge in [-0.1, -0.05) is 64.1 Å². The lowest BCUT2D eigenvalue weighted by Crippen LogP contribution is -2.35. The van der Waals surface area contributed by atoms with Gasteiger partial charge in [-0.2, -0.15) is 0 Å². The molecule has 32 heavy (non-hydrogen) atoms. The first-order chi connectivity index (χ1) is 15.1. The topological polar surface area (TPSA) is 67.4 Å². The molecule has 0 saturated carbocycles. The molecule has 0 aliphatic rings. The number of urea groups is 1. The second-order valence-electron chi connectivity index (χ2n) is 6.04. The Morgan fingerprint density at radius 3 is 2.16 bits per heavy atom. The van der Waals surface area contributed by atoms with Crippen LogP contribution in [0.2, 0.25) is 25.1 Å². The van der Waals surface area contributed by atoms with Crippen LogP contribution >= 0.6 is 58.0 Å². The Hall–Kier alpha value is -2.29. The number of amides is 3. The van der Waals surface area contributed by atoms with Gasteiger partial charge in [-0.25, -0.2) is 13.6 Å². The molecule has 12 heteroatoms. The number of benzene rings is 3. The van der Waals surface area contributed by atoms with Gasteiger partial charge < -0.3 is 10.1 Å². The van der Waals surface area contributed by atoms with Gasteiger partial charge >= 0.3 is 6.03 Å². The molecule has 5 nitrogen and oxygen atoms in total. The fourth-order valence-electron chi connectivity index (χ4n) is 2.46. The van der Waals surface area contributed by atoms with Crippen LogP contribution in [-0.2, 0) is 0 Å². The predicted molar refractivity (Wildman–Crippen MR) is 121 cm³/mol. The summed E-state index contributed by atoms with van der Waals surface area (Å²) in [6, 6.07) is 7.35. The average Bonchev–Trinajstić information content (AvgIpc) is 2.71. The Labute approximate surface area is 205 Å². The van der Waals surface area contributed by atoms with Gasteiger partial charge in [0.25, 0.3) is 5.91 Å². The third kappa shape index (κ3) is 5.36. The van der Waals surface area contributed by atoms with Crippen LogP contribution in [-0.4, -0.2) is 11.9 Å². The molecule has 0 heterocycles. The van der Waals surface area contributed by atoms with Crippen molar-refractivity contribution >= 4 is 75.6 Å². The summed E-state index contributed by atoms with van der Waals surface area (Å²) in [6.07, 6.45) is 0. The van der Waals surface area contributed by atoms with E-state index in [9.17, 15) is 18.4 Å². The fraction of sp³-hybridized carbons (Fsp3) is 0. The molecular formula is C20H9Cl5F2N2O3. The van der Waals surface area contributed by atoms with Crippen molar-refractivity contribution in [3.63, 3.8) is 0 Å². The number of hydrogen-bond acceptors (Lipinski definition) is 3. The van der Waals surface area contributed by atoms with Crippen LogP contribution in [0.4, 0.5) is 19.3 Å². The number of anilines is 1. The van der Waals surface area contributed by atoms with Gasteiger partial charge in [0.05, 0.1) is 20.8 Å². The van der Waals surface area contributed by atoms with E-state index in [1.165, 1.54) is 18.2 Å². The lowest BCUT2D eigenvalue weighted by atomic mass is 10.2. The monoisotopic (exact) mass is 538 g/mol. The number of rotatable bonds is 4. The second kappa shape index (κ2) is 10.1. The van der Waals surface area contributed by atoms with Gasteiger partial charge in [-0.3, -0.25) is 10.1 Å². The normalized spacial score (nSPS) is 10.6. The summed E-state index contributed by atoms with van der Waals surface area (Å²) < 4.78 is 33.0. The van der Waals surface area contributed by atoms with Crippen molar-refractivity contribution < 1.29 is 23.1 Å². The summed E-state index contributed by atoms with van der Waals surface area (Å²) in [5, 5.41) is 4.12. The van der Waals surface area contributed by atoms with Gasteiger partial charge in [0.2, 0.25) is 0 Å². The molecule has 166 valence electrons. The van der Waals surface area contributed by atoms with Crippen molar-refractivity contribution in [2.75, 3.05) is 5.32 Å². The Bertz CT molecular complexity index is 1220. The largest absolute Gasteiger partial charge is 0.453 e. The van der Waals surface area contributed by atoms with E-state index in [0.717, 1.165) is 18.2 Å². The molecule has 0 spiro atoms. The molecule has 0 aliphatic carbocycles. The highest BCUT2D eigenvalue weighted by Gasteiger charge is 2.22. The van der Waals surface area contributed by atoms with Gasteiger partial charge in [0.15, 0.2) is 5.75 Å². The summed E-state index contributed by atoms with van der Waals surface area (Å²) in [4.78, 5) is 24.2. The van der Waals surface area contributed by atoms with Crippen molar-refractivity contribution in [2.45, 2.75) is 0 Å². The van der Waals surface area contributed by atoms with E-state index in [1.807, 2.05) is 0 Å². The van der Waals surface area contributed by atoms with Gasteiger partial charge in [-0.15, -0.1) is 0 Å². The maximum Gasteiger partial charge on any atom is 0.326 e. The van der Waals surface area contributed by atoms with Crippen molar-refractivity contribution in [1.29, 1.82) is 0 Å². The third-order valence-corrected chi connectivity index (χ3v) is 5.56. The molecule has 0 aromatic heterocycles. The van der Waals surface area contributed by atoms with Crippen LogP contribution in [0.1, 0.15) is 10.4 Å². The molecule has 2 N–H and O–H groups in total. The Morgan fingerprint density at radius 2 is 1.50 bits per heavy atom. The maximum absolute atomic E-state index is 13.7. The first-order valence-electron chi connectivity index (χ1n) is 8.45. The highest BCUT2D eigenvalue weighted by Crippen LogP contribution is 2.46. The van der Waals surface area contributed by atoms with Crippen LogP contribution in [0.15, 0.2) is 42.5 Å². The van der Waals surface area contributed by atoms with Gasteiger partial charge in [0.1, 0.15) is 28.0 Å². The molecule has 3 amide bonds. The highest BCUT2D eigenvalue weighted by molar-refractivity contribution is 6.47. The quantitative estimate of drug-likeness (QED) is 0.330. The Morgan fingerprint density at radius 1 is 0.844 bits per heavy atom. The zero-order chi connectivity index (χ0) is 23.6. The number of carbonyl (C=O) groups excluding carboxylic acids is 2. The second-order valence-corrected chi connectivity index (χ2v) is 8.05. The van der Waals surface area contributed by atoms with Crippen LogP contribution in [0.25, 0.3) is 0 Å². The van der Waals surface area contributed by atoms with E-state index in [2.05, 4.69) is 5.32 Å². The van der Waals surface area contributed by atoms with E-state index in [0.29, 0.717) is 5.02 Å². The zero-order valence-electron chi connectivity index (χ0n) is 15.4. The predicted octanol–water partition coefficient (Wildman–Crippen LogP) is 7.99. The van der Waals surface area contributed by atoms with E-state index in [1.54, 1.807) is 11.4 Å². The first-order valence-corrected chi connectivity index (χ1v) is 10.3. The van der Waals surface area contributed by atoms with Crippen molar-refractivity contribution in [3.05, 3.63) is 84.8 Å². The SMILES string of the molecule is O=C(NC(=O)c1c(F)cccc1F)Nc1cc(Cl)c(Oc2cc(Cl)ccc2Cl)c(Cl)c1Cl. The van der Waals surface area contributed by atoms with Crippen molar-refractivity contribution in [2.24, 2.45) is 0 Å². The molecule has 0 unspecified atom stereocenters. The molecule has 0 fully saturated rings. The standard InChI is InChI=1S/C20H9Cl5F2N2O3/c21-8-4-5-9(22)14(6-8)32-18-10(23)7-13(16(24)17(18)25)28-20(31)29-19(30)15-11(26)2-1-3-12(15)27/h1-7H,(H2,28,29,30,31). The van der Waals surface area contributed by atoms with Gasteiger partial charge in [0, 0.05) is 11.1 Å². The number of imide groups is 1. The van der Waals surface area contributed by atoms with Crippen LogP contribution in [0.3, 0.4) is 0 Å². The van der Waals surface area contributed by atoms with Crippen molar-refractivity contribution in [1.82, 2.24) is 5.32 Å². The molecular weight excluding hydrogens is 531 g/mol. The van der Waals surface area contributed by atoms with E-state index < -0.39 is 29.1 Å². The summed E-state index contributed by atoms with van der Waals surface area (Å²) >= 11 is 30.6. The summed E-state index contributed by atoms with van der Waals surface area (Å²) in [7, 11) is 0. The smallest absolute Gasteiger partial charge is 0.326 e. The molecule has 3 rings (SSSR count). The highest BCUT2D eigenvalue weighted by atomic mass is 35.5. The molecule has 0 saturated heterocycles. The van der Waals surface area contributed by atoms with Crippen LogP contribution in [0, 0.1) is 11.6 Å². The Balaban J connectivity index is 1.81. The van der Waals surface area contributed by atoms with Crippen molar-refractivity contribution in [3.8, 4) is 11.5 Å². The molecule has 0 radical (unpaired) electrons. The zero-order valence-corrected chi connectivity index (χ0v) is 19.2. The molecule has 0 bridgehead atoms. The number of halogens is 7. The maximum atomic E-state index is 13.7. The summed E-state index contributed by atoms with van der Waals surface area (Å²) in [6.45, 7) is 0. The first kappa shape index (κ1) is 24.4. The number of ether oxygens (including phenoxy) is 1. The lowest BCUT2D eigenvalue weighted by molar-refractivity contribution is 0.0959. The third-order valence-electron chi connectivity index (χ3n) is 3.89. The number of hydrogen-bond donors (Lipinski definition) is 2. The van der Waals surface area contributed by atoms with E-state index in [4.69, 9.17) is 62.7 Å². The average molecular weight is 541 g/mol. The molecule has 0 aliphatic heterocycles. The van der Waals surface area contributed by atoms with E-state index in [-0.39, 0.29) is 37.3 Å². The van der Waals surface area contributed by atoms with Gasteiger partial charge in [-0.05, 0) is 30.3 Å². The minimum atomic E-state index is -1.30. The minimum absolute atomic E-state index is 0.0713.